The first-order valence-electron chi connectivity index (χ1n) is 11.1. The first-order valence-corrected chi connectivity index (χ1v) is 12.6. The van der Waals surface area contributed by atoms with Gasteiger partial charge in [-0.1, -0.05) is 41.7 Å². The number of aliphatic carboxylic acids is 1. The van der Waals surface area contributed by atoms with Gasteiger partial charge >= 0.3 is 5.97 Å². The molecule has 1 fully saturated rings. The minimum absolute atomic E-state index is 0.0306. The predicted octanol–water partition coefficient (Wildman–Crippen LogP) is 1.96. The van der Waals surface area contributed by atoms with E-state index in [4.69, 9.17) is 4.74 Å². The molecular weight excluding hydrogens is 456 g/mol. The predicted molar refractivity (Wildman–Crippen MR) is 127 cm³/mol. The lowest BCUT2D eigenvalue weighted by molar-refractivity contribution is -0.140. The fourth-order valence-corrected chi connectivity index (χ4v) is 5.38. The van der Waals surface area contributed by atoms with Crippen molar-refractivity contribution in [2.75, 3.05) is 20.3 Å². The minimum Gasteiger partial charge on any atom is -0.480 e. The molecule has 182 valence electrons. The minimum atomic E-state index is -4.10. The maximum atomic E-state index is 13.6. The first-order chi connectivity index (χ1) is 16.2. The van der Waals surface area contributed by atoms with Crippen molar-refractivity contribution in [3.63, 3.8) is 0 Å². The number of carboxylic acid groups (broad SMARTS) is 1. The van der Waals surface area contributed by atoms with Gasteiger partial charge in [0.05, 0.1) is 16.4 Å². The van der Waals surface area contributed by atoms with Crippen LogP contribution in [0.3, 0.4) is 0 Å². The third-order valence-corrected chi connectivity index (χ3v) is 7.57. The quantitative estimate of drug-likeness (QED) is 0.456. The van der Waals surface area contributed by atoms with Gasteiger partial charge in [-0.2, -0.15) is 4.72 Å². The Morgan fingerprint density at radius 3 is 2.62 bits per heavy atom. The normalized spacial score (nSPS) is 23.0. The van der Waals surface area contributed by atoms with Crippen LogP contribution < -0.4 is 10.0 Å². The van der Waals surface area contributed by atoms with Gasteiger partial charge in [-0.15, -0.1) is 0 Å². The Kier molecular flexibility index (Phi) is 8.44. The molecule has 2 unspecified atom stereocenters. The van der Waals surface area contributed by atoms with Gasteiger partial charge in [0, 0.05) is 12.7 Å². The molecule has 1 aromatic carbocycles. The molecule has 0 bridgehead atoms. The third-order valence-electron chi connectivity index (χ3n) is 6.08. The summed E-state index contributed by atoms with van der Waals surface area (Å²) in [6, 6.07) is 4.24. The van der Waals surface area contributed by atoms with E-state index in [1.54, 1.807) is 37.5 Å². The Labute approximate surface area is 200 Å². The zero-order chi connectivity index (χ0) is 24.8. The zero-order valence-corrected chi connectivity index (χ0v) is 20.2. The van der Waals surface area contributed by atoms with Crippen LogP contribution >= 0.6 is 0 Å². The highest BCUT2D eigenvalue weighted by Gasteiger charge is 2.44. The highest BCUT2D eigenvalue weighted by atomic mass is 32.2. The average molecular weight is 487 g/mol. The molecule has 0 radical (unpaired) electrons. The fraction of sp³-hybridized carbons (Fsp3) is 0.440. The van der Waals surface area contributed by atoms with E-state index in [9.17, 15) is 23.1 Å². The molecule has 34 heavy (non-hydrogen) atoms. The number of hydrogen-bond donors (Lipinski definition) is 3. The fourth-order valence-electron chi connectivity index (χ4n) is 4.19. The zero-order valence-electron chi connectivity index (χ0n) is 19.3. The van der Waals surface area contributed by atoms with E-state index in [1.807, 2.05) is 6.92 Å². The summed E-state index contributed by atoms with van der Waals surface area (Å²) in [5.41, 5.74) is 0.408. The number of benzene rings is 1. The Morgan fingerprint density at radius 1 is 1.32 bits per heavy atom. The van der Waals surface area contributed by atoms with Crippen LogP contribution in [-0.2, 0) is 24.3 Å². The van der Waals surface area contributed by atoms with Crippen LogP contribution in [0.4, 0.5) is 0 Å². The first kappa shape index (κ1) is 25.8. The molecule has 3 rings (SSSR count). The van der Waals surface area contributed by atoms with E-state index >= 15 is 0 Å². The Hall–Kier alpha value is -2.77. The number of carbonyl (C=O) groups is 2. The number of carbonyl (C=O) groups excluding carboxylic acids is 1. The molecule has 9 heteroatoms. The number of methoxy groups -OCH3 is 1. The number of rotatable bonds is 9. The second kappa shape index (κ2) is 11.1. The van der Waals surface area contributed by atoms with E-state index in [0.717, 1.165) is 12.0 Å². The van der Waals surface area contributed by atoms with E-state index in [0.29, 0.717) is 18.5 Å². The van der Waals surface area contributed by atoms with Crippen LogP contribution in [0.15, 0.2) is 53.0 Å². The van der Waals surface area contributed by atoms with Crippen LogP contribution in [-0.4, -0.2) is 57.6 Å². The van der Waals surface area contributed by atoms with Gasteiger partial charge in [-0.25, -0.2) is 8.42 Å². The van der Waals surface area contributed by atoms with E-state index in [2.05, 4.69) is 21.9 Å². The lowest BCUT2D eigenvalue weighted by atomic mass is 9.70. The van der Waals surface area contributed by atoms with Crippen molar-refractivity contribution in [1.82, 2.24) is 10.0 Å². The number of Topliss-reactive ketones (excluding diaryl/α,β-unsaturated/α-hetero) is 1. The van der Waals surface area contributed by atoms with Gasteiger partial charge in [0.2, 0.25) is 10.0 Å². The second-order valence-corrected chi connectivity index (χ2v) is 10.3. The number of hydrogen-bond acceptors (Lipinski definition) is 6. The molecular formula is C25H30N2O6S. The number of ketones is 1. The van der Waals surface area contributed by atoms with Crippen LogP contribution in [0.25, 0.3) is 0 Å². The van der Waals surface area contributed by atoms with Gasteiger partial charge in [0.15, 0.2) is 5.78 Å². The molecule has 8 nitrogen and oxygen atoms in total. The molecule has 1 aromatic rings. The maximum absolute atomic E-state index is 13.6. The highest BCUT2D eigenvalue weighted by molar-refractivity contribution is 7.89. The number of allylic oxidation sites excluding steroid dienone is 4. The van der Waals surface area contributed by atoms with Crippen LogP contribution in [0.2, 0.25) is 0 Å². The molecule has 2 aliphatic rings. The summed E-state index contributed by atoms with van der Waals surface area (Å²) in [6.07, 6.45) is 6.70. The van der Waals surface area contributed by atoms with Gasteiger partial charge in [-0.3, -0.25) is 9.59 Å². The third kappa shape index (κ3) is 6.21. The Balaban J connectivity index is 1.88. The van der Waals surface area contributed by atoms with Gasteiger partial charge in [0.25, 0.3) is 0 Å². The average Bonchev–Trinajstić information content (AvgIpc) is 3.34. The summed E-state index contributed by atoms with van der Waals surface area (Å²) in [4.78, 5) is 25.7. The maximum Gasteiger partial charge on any atom is 0.321 e. The number of sulfonamides is 1. The van der Waals surface area contributed by atoms with Crippen molar-refractivity contribution in [3.8, 4) is 11.8 Å². The van der Waals surface area contributed by atoms with Crippen molar-refractivity contribution in [1.29, 1.82) is 0 Å². The van der Waals surface area contributed by atoms with E-state index in [1.165, 1.54) is 12.1 Å². The molecule has 0 spiro atoms. The smallest absolute Gasteiger partial charge is 0.321 e. The van der Waals surface area contributed by atoms with Crippen LogP contribution in [0, 0.1) is 24.2 Å². The van der Waals surface area contributed by atoms with E-state index < -0.39 is 33.5 Å². The van der Waals surface area contributed by atoms with Crippen LogP contribution in [0.1, 0.15) is 31.2 Å². The summed E-state index contributed by atoms with van der Waals surface area (Å²) in [5.74, 6) is 4.33. The van der Waals surface area contributed by atoms with Crippen molar-refractivity contribution in [3.05, 3.63) is 53.6 Å². The Bertz CT molecular complexity index is 1140. The number of carboxylic acids is 1. The second-order valence-electron chi connectivity index (χ2n) is 8.63. The molecule has 1 saturated heterocycles. The number of nitrogens with one attached hydrogen (secondary N) is 2. The Morgan fingerprint density at radius 2 is 2.06 bits per heavy atom. The molecule has 3 N–H and O–H groups in total. The SMILES string of the molecule is COCC#CC1=CCC(CC(NS(=O)(=O)c2ccc(C)cc2)C(=O)O)(C(=O)[C@@H]2CCCN2)C=C1. The molecule has 1 aliphatic heterocycles. The van der Waals surface area contributed by atoms with Gasteiger partial charge in [-0.05, 0) is 57.4 Å². The monoisotopic (exact) mass is 486 g/mol. The topological polar surface area (TPSA) is 122 Å². The number of aryl methyl sites for hydroxylation is 1. The molecule has 1 aliphatic carbocycles. The van der Waals surface area contributed by atoms with Gasteiger partial charge < -0.3 is 15.2 Å². The lowest BCUT2D eigenvalue weighted by Gasteiger charge is -2.35. The molecule has 0 saturated carbocycles. The summed E-state index contributed by atoms with van der Waals surface area (Å²) in [5, 5.41) is 13.1. The highest BCUT2D eigenvalue weighted by Crippen LogP contribution is 2.38. The molecule has 0 aromatic heterocycles. The molecule has 1 heterocycles. The largest absolute Gasteiger partial charge is 0.480 e. The summed E-state index contributed by atoms with van der Waals surface area (Å²) in [7, 11) is -2.56. The standard InChI is InChI=1S/C25H30N2O6S/c1-18-7-9-20(10-8-18)34(31,32)27-22(24(29)30)17-25(23(28)21-6-3-15-26-21)13-11-19(12-14-25)5-4-16-33-2/h7-13,21-22,26-27H,3,6,14-17H2,1-2H3,(H,29,30)/t21-,22?,25?/m0/s1. The van der Waals surface area contributed by atoms with Crippen molar-refractivity contribution in [2.45, 2.75) is 49.6 Å². The summed E-state index contributed by atoms with van der Waals surface area (Å²) >= 11 is 0. The summed E-state index contributed by atoms with van der Waals surface area (Å²) in [6.45, 7) is 2.80. The molecule has 0 amide bonds. The van der Waals surface area contributed by atoms with Crippen molar-refractivity contribution >= 4 is 21.8 Å². The molecule has 3 atom stereocenters. The van der Waals surface area contributed by atoms with Crippen molar-refractivity contribution in [2.24, 2.45) is 5.41 Å². The number of ether oxygens (including phenoxy) is 1. The van der Waals surface area contributed by atoms with Crippen molar-refractivity contribution < 1.29 is 27.9 Å². The van der Waals surface area contributed by atoms with Crippen LogP contribution in [0.5, 0.6) is 0 Å². The van der Waals surface area contributed by atoms with Gasteiger partial charge in [0.1, 0.15) is 12.6 Å². The van der Waals surface area contributed by atoms with E-state index in [-0.39, 0.29) is 30.1 Å². The lowest BCUT2D eigenvalue weighted by Crippen LogP contribution is -2.49. The summed E-state index contributed by atoms with van der Waals surface area (Å²) < 4.78 is 33.0.